The molecule has 2 aliphatic rings. The molecule has 1 amide bonds. The molecular formula is C25H30Cl2N2O3S. The van der Waals surface area contributed by atoms with Gasteiger partial charge >= 0.3 is 0 Å². The van der Waals surface area contributed by atoms with Crippen molar-refractivity contribution in [2.75, 3.05) is 13.1 Å². The zero-order valence-electron chi connectivity index (χ0n) is 18.8. The fourth-order valence-electron chi connectivity index (χ4n) is 4.78. The van der Waals surface area contributed by atoms with Gasteiger partial charge in [-0.05, 0) is 74.3 Å². The number of sulfonamides is 1. The predicted octanol–water partition coefficient (Wildman–Crippen LogP) is 5.29. The number of amides is 1. The van der Waals surface area contributed by atoms with Crippen LogP contribution in [0.1, 0.15) is 60.9 Å². The van der Waals surface area contributed by atoms with Crippen LogP contribution in [0.4, 0.5) is 0 Å². The van der Waals surface area contributed by atoms with E-state index in [1.165, 1.54) is 28.3 Å². The number of carbonyl (C=O) groups excluding carboxylic acids is 1. The molecule has 1 fully saturated rings. The fraction of sp³-hybridized carbons (Fsp3) is 0.480. The van der Waals surface area contributed by atoms with Gasteiger partial charge in [0.15, 0.2) is 0 Å². The Kier molecular flexibility index (Phi) is 7.69. The summed E-state index contributed by atoms with van der Waals surface area (Å²) in [6.07, 6.45) is 5.72. The minimum Gasteiger partial charge on any atom is -0.349 e. The number of hydrogen-bond acceptors (Lipinski definition) is 3. The van der Waals surface area contributed by atoms with E-state index in [-0.39, 0.29) is 23.6 Å². The SMILES string of the molecule is C[C@H](NC(=O)C1CCN(S(=O)(=O)Cc2c(Cl)cccc2Cl)CC1)c1ccc2c(c1)CCCC2. The molecule has 0 unspecified atom stereocenters. The Morgan fingerprint density at radius 2 is 1.70 bits per heavy atom. The molecule has 0 radical (unpaired) electrons. The van der Waals surface area contributed by atoms with Crippen LogP contribution in [0.3, 0.4) is 0 Å². The molecule has 1 saturated heterocycles. The zero-order valence-corrected chi connectivity index (χ0v) is 21.1. The monoisotopic (exact) mass is 508 g/mol. The van der Waals surface area contributed by atoms with E-state index < -0.39 is 10.0 Å². The first-order valence-corrected chi connectivity index (χ1v) is 13.9. The van der Waals surface area contributed by atoms with E-state index in [1.807, 2.05) is 6.92 Å². The van der Waals surface area contributed by atoms with Crippen LogP contribution in [0.25, 0.3) is 0 Å². The second-order valence-corrected chi connectivity index (χ2v) is 11.9. The van der Waals surface area contributed by atoms with Crippen molar-refractivity contribution >= 4 is 39.1 Å². The lowest BCUT2D eigenvalue weighted by Crippen LogP contribution is -2.43. The first-order valence-electron chi connectivity index (χ1n) is 11.6. The van der Waals surface area contributed by atoms with Crippen LogP contribution in [0.15, 0.2) is 36.4 Å². The van der Waals surface area contributed by atoms with E-state index in [9.17, 15) is 13.2 Å². The standard InChI is InChI=1S/C25H30Cl2N2O3S/c1-17(20-10-9-18-5-2-3-6-21(18)15-20)28-25(30)19-11-13-29(14-12-19)33(31,32)16-22-23(26)7-4-8-24(22)27/h4,7-10,15,17,19H,2-3,5-6,11-14,16H2,1H3,(H,28,30)/t17-/m0/s1. The fourth-order valence-corrected chi connectivity index (χ4v) is 7.09. The second-order valence-electron chi connectivity index (χ2n) is 9.10. The number of halogens is 2. The molecule has 0 spiro atoms. The van der Waals surface area contributed by atoms with Crippen molar-refractivity contribution in [2.24, 2.45) is 5.92 Å². The molecule has 2 aromatic carbocycles. The minimum absolute atomic E-state index is 0.00795. The van der Waals surface area contributed by atoms with Gasteiger partial charge in [-0.3, -0.25) is 4.79 Å². The topological polar surface area (TPSA) is 66.5 Å². The molecule has 1 N–H and O–H groups in total. The maximum atomic E-state index is 12.9. The molecule has 8 heteroatoms. The summed E-state index contributed by atoms with van der Waals surface area (Å²) in [5.74, 6) is -0.440. The number of piperidine rings is 1. The first kappa shape index (κ1) is 24.5. The number of rotatable bonds is 6. The van der Waals surface area contributed by atoms with Gasteiger partial charge < -0.3 is 5.32 Å². The highest BCUT2D eigenvalue weighted by Crippen LogP contribution is 2.29. The zero-order chi connectivity index (χ0) is 23.6. The van der Waals surface area contributed by atoms with E-state index in [2.05, 4.69) is 23.5 Å². The van der Waals surface area contributed by atoms with Crippen LogP contribution in [-0.4, -0.2) is 31.7 Å². The molecule has 1 aliphatic heterocycles. The lowest BCUT2D eigenvalue weighted by atomic mass is 9.89. The molecular weight excluding hydrogens is 479 g/mol. The van der Waals surface area contributed by atoms with Crippen LogP contribution in [0, 0.1) is 5.92 Å². The Balaban J connectivity index is 1.33. The van der Waals surface area contributed by atoms with Crippen LogP contribution in [0.2, 0.25) is 10.0 Å². The number of hydrogen-bond donors (Lipinski definition) is 1. The van der Waals surface area contributed by atoms with Gasteiger partial charge in [0, 0.05) is 34.6 Å². The van der Waals surface area contributed by atoms with Gasteiger partial charge in [-0.1, -0.05) is 47.5 Å². The lowest BCUT2D eigenvalue weighted by Gasteiger charge is -2.31. The minimum atomic E-state index is -3.57. The Morgan fingerprint density at radius 3 is 2.36 bits per heavy atom. The van der Waals surface area contributed by atoms with Gasteiger partial charge in [0.05, 0.1) is 11.8 Å². The van der Waals surface area contributed by atoms with Gasteiger partial charge in [-0.15, -0.1) is 0 Å². The molecule has 33 heavy (non-hydrogen) atoms. The summed E-state index contributed by atoms with van der Waals surface area (Å²) in [7, 11) is -3.57. The average molecular weight is 509 g/mol. The molecule has 1 atom stereocenters. The van der Waals surface area contributed by atoms with Gasteiger partial charge in [-0.2, -0.15) is 0 Å². The Bertz CT molecular complexity index is 1110. The highest BCUT2D eigenvalue weighted by Gasteiger charge is 2.32. The maximum absolute atomic E-state index is 12.9. The normalized spacial score (nSPS) is 18.5. The van der Waals surface area contributed by atoms with Crippen molar-refractivity contribution in [1.29, 1.82) is 0 Å². The number of fused-ring (bicyclic) bond motifs is 1. The molecule has 1 heterocycles. The third-order valence-electron chi connectivity index (χ3n) is 6.84. The summed E-state index contributed by atoms with van der Waals surface area (Å²) in [5, 5.41) is 3.83. The largest absolute Gasteiger partial charge is 0.349 e. The van der Waals surface area contributed by atoms with E-state index in [0.29, 0.717) is 41.5 Å². The van der Waals surface area contributed by atoms with Gasteiger partial charge in [0.1, 0.15) is 0 Å². The summed E-state index contributed by atoms with van der Waals surface area (Å²) in [5.41, 5.74) is 4.37. The maximum Gasteiger partial charge on any atom is 0.223 e. The van der Waals surface area contributed by atoms with E-state index in [1.54, 1.807) is 18.2 Å². The highest BCUT2D eigenvalue weighted by molar-refractivity contribution is 7.88. The number of nitrogens with one attached hydrogen (secondary N) is 1. The molecule has 4 rings (SSSR count). The first-order chi connectivity index (χ1) is 15.7. The van der Waals surface area contributed by atoms with E-state index in [0.717, 1.165) is 18.4 Å². The molecule has 5 nitrogen and oxygen atoms in total. The van der Waals surface area contributed by atoms with E-state index >= 15 is 0 Å². The summed E-state index contributed by atoms with van der Waals surface area (Å²) in [6.45, 7) is 2.64. The lowest BCUT2D eigenvalue weighted by molar-refractivity contribution is -0.126. The highest BCUT2D eigenvalue weighted by atomic mass is 35.5. The number of aryl methyl sites for hydroxylation is 2. The van der Waals surface area contributed by atoms with Crippen LogP contribution >= 0.6 is 23.2 Å². The van der Waals surface area contributed by atoms with Crippen molar-refractivity contribution < 1.29 is 13.2 Å². The third kappa shape index (κ3) is 5.73. The van der Waals surface area contributed by atoms with Crippen molar-refractivity contribution in [2.45, 2.75) is 57.2 Å². The van der Waals surface area contributed by atoms with Crippen LogP contribution in [0.5, 0.6) is 0 Å². The number of carbonyl (C=O) groups is 1. The van der Waals surface area contributed by atoms with Gasteiger partial charge in [0.2, 0.25) is 15.9 Å². The molecule has 2 aromatic rings. The number of nitrogens with zero attached hydrogens (tertiary/aromatic N) is 1. The smallest absolute Gasteiger partial charge is 0.223 e. The third-order valence-corrected chi connectivity index (χ3v) is 9.35. The Hall–Kier alpha value is -1.60. The van der Waals surface area contributed by atoms with Crippen LogP contribution < -0.4 is 5.32 Å². The summed E-state index contributed by atoms with van der Waals surface area (Å²) in [4.78, 5) is 12.9. The second kappa shape index (κ2) is 10.3. The summed E-state index contributed by atoms with van der Waals surface area (Å²) < 4.78 is 27.3. The van der Waals surface area contributed by atoms with Crippen molar-refractivity contribution in [3.8, 4) is 0 Å². The molecule has 178 valence electrons. The number of benzene rings is 2. The predicted molar refractivity (Wildman–Crippen MR) is 133 cm³/mol. The Labute approximate surface area is 206 Å². The molecule has 1 aliphatic carbocycles. The van der Waals surface area contributed by atoms with Crippen LogP contribution in [-0.2, 0) is 33.4 Å². The van der Waals surface area contributed by atoms with Gasteiger partial charge in [0.25, 0.3) is 0 Å². The average Bonchev–Trinajstić information content (AvgIpc) is 2.81. The summed E-state index contributed by atoms with van der Waals surface area (Å²) >= 11 is 12.3. The van der Waals surface area contributed by atoms with Crippen molar-refractivity contribution in [3.63, 3.8) is 0 Å². The van der Waals surface area contributed by atoms with Crippen molar-refractivity contribution in [1.82, 2.24) is 9.62 Å². The van der Waals surface area contributed by atoms with Crippen molar-refractivity contribution in [3.05, 3.63) is 68.7 Å². The molecule has 0 aromatic heterocycles. The Morgan fingerprint density at radius 1 is 1.06 bits per heavy atom. The summed E-state index contributed by atoms with van der Waals surface area (Å²) in [6, 6.07) is 11.4. The molecule has 0 saturated carbocycles. The quantitative estimate of drug-likeness (QED) is 0.576. The molecule has 0 bridgehead atoms. The van der Waals surface area contributed by atoms with Gasteiger partial charge in [-0.25, -0.2) is 12.7 Å². The van der Waals surface area contributed by atoms with E-state index in [4.69, 9.17) is 23.2 Å².